The smallest absolute Gasteiger partial charge is 0.252 e. The third-order valence-corrected chi connectivity index (χ3v) is 6.03. The fraction of sp³-hybridized carbons (Fsp3) is 0.231. The van der Waals surface area contributed by atoms with Crippen LogP contribution in [0.5, 0.6) is 5.75 Å². The van der Waals surface area contributed by atoms with Crippen LogP contribution in [0.1, 0.15) is 45.6 Å². The number of carbonyl (C=O) groups excluding carboxylic acids is 1. The van der Waals surface area contributed by atoms with Crippen LogP contribution in [0.4, 0.5) is 5.69 Å². The highest BCUT2D eigenvalue weighted by molar-refractivity contribution is 6.02. The third-order valence-electron chi connectivity index (χ3n) is 6.03. The number of amides is 1. The predicted molar refractivity (Wildman–Crippen MR) is 132 cm³/mol. The zero-order valence-electron chi connectivity index (χ0n) is 18.9. The highest BCUT2D eigenvalue weighted by Crippen LogP contribution is 2.31. The van der Waals surface area contributed by atoms with E-state index in [9.17, 15) is 4.79 Å². The number of anilines is 1. The van der Waals surface area contributed by atoms with Gasteiger partial charge in [0.15, 0.2) is 0 Å². The number of nitrogen functional groups attached to an aromatic ring is 1. The number of hydrogen-bond donors (Lipinski definition) is 5. The molecule has 0 bridgehead atoms. The summed E-state index contributed by atoms with van der Waals surface area (Å²) in [5.74, 6) is 0.543. The summed E-state index contributed by atoms with van der Waals surface area (Å²) in [6.07, 6.45) is 0. The van der Waals surface area contributed by atoms with Gasteiger partial charge in [0.1, 0.15) is 5.75 Å². The van der Waals surface area contributed by atoms with Gasteiger partial charge in [-0.3, -0.25) is 4.79 Å². The molecule has 4 rings (SSSR count). The molecule has 0 fully saturated rings. The Morgan fingerprint density at radius 3 is 2.64 bits per heavy atom. The fourth-order valence-corrected chi connectivity index (χ4v) is 4.22. The first kappa shape index (κ1) is 22.5. The van der Waals surface area contributed by atoms with Gasteiger partial charge in [0, 0.05) is 42.2 Å². The number of nitrogens with one attached hydrogen (secondary N) is 3. The number of benzene rings is 3. The van der Waals surface area contributed by atoms with Gasteiger partial charge >= 0.3 is 0 Å². The lowest BCUT2D eigenvalue weighted by molar-refractivity contribution is 0.0937. The van der Waals surface area contributed by atoms with Crippen molar-refractivity contribution in [2.75, 3.05) is 19.4 Å². The highest BCUT2D eigenvalue weighted by atomic mass is 16.5. The van der Waals surface area contributed by atoms with Crippen molar-refractivity contribution in [1.82, 2.24) is 10.6 Å². The third kappa shape index (κ3) is 4.60. The summed E-state index contributed by atoms with van der Waals surface area (Å²) < 4.78 is 5.31. The highest BCUT2D eigenvalue weighted by Gasteiger charge is 2.23. The van der Waals surface area contributed by atoms with Gasteiger partial charge in [-0.2, -0.15) is 0 Å². The van der Waals surface area contributed by atoms with Crippen LogP contribution < -0.4 is 26.8 Å². The first-order valence-corrected chi connectivity index (χ1v) is 10.9. The maximum absolute atomic E-state index is 13.4. The number of fused-ring (bicyclic) bond motifs is 1. The van der Waals surface area contributed by atoms with Crippen LogP contribution in [0.2, 0.25) is 0 Å². The Balaban J connectivity index is 1.70. The topological polar surface area (TPSA) is 126 Å². The Bertz CT molecular complexity index is 1220. The van der Waals surface area contributed by atoms with Gasteiger partial charge in [-0.05, 0) is 71.1 Å². The first-order chi connectivity index (χ1) is 15.9. The van der Waals surface area contributed by atoms with Crippen molar-refractivity contribution in [1.29, 1.82) is 5.41 Å². The van der Waals surface area contributed by atoms with Crippen LogP contribution in [-0.2, 0) is 13.1 Å². The zero-order valence-corrected chi connectivity index (χ0v) is 18.9. The van der Waals surface area contributed by atoms with Crippen LogP contribution >= 0.6 is 0 Å². The second-order valence-electron chi connectivity index (χ2n) is 8.23. The average Bonchev–Trinajstić information content (AvgIpc) is 3.30. The normalized spacial score (nSPS) is 13.3. The van der Waals surface area contributed by atoms with Gasteiger partial charge in [-0.15, -0.1) is 0 Å². The molecule has 3 aromatic rings. The van der Waals surface area contributed by atoms with Crippen LogP contribution in [0.3, 0.4) is 0 Å². The summed E-state index contributed by atoms with van der Waals surface area (Å²) >= 11 is 0. The summed E-state index contributed by atoms with van der Waals surface area (Å²) in [5.41, 5.74) is 19.2. The van der Waals surface area contributed by atoms with E-state index in [1.54, 1.807) is 20.1 Å². The Morgan fingerprint density at radius 1 is 1.12 bits per heavy atom. The molecule has 7 heteroatoms. The molecule has 0 aliphatic carbocycles. The van der Waals surface area contributed by atoms with Crippen molar-refractivity contribution in [2.45, 2.75) is 26.1 Å². The molecule has 1 heterocycles. The molecule has 1 amide bonds. The first-order valence-electron chi connectivity index (χ1n) is 10.9. The lowest BCUT2D eigenvalue weighted by Crippen LogP contribution is -2.34. The maximum Gasteiger partial charge on any atom is 0.252 e. The van der Waals surface area contributed by atoms with E-state index in [0.29, 0.717) is 41.4 Å². The molecule has 1 aliphatic heterocycles. The molecular formula is C26H29N5O2. The maximum atomic E-state index is 13.4. The second kappa shape index (κ2) is 9.44. The van der Waals surface area contributed by atoms with E-state index in [2.05, 4.69) is 16.7 Å². The van der Waals surface area contributed by atoms with Gasteiger partial charge < -0.3 is 32.2 Å². The lowest BCUT2D eigenvalue weighted by atomic mass is 9.93. The number of carbonyl (C=O) groups is 1. The summed E-state index contributed by atoms with van der Waals surface area (Å²) in [6.45, 7) is 3.31. The molecule has 1 unspecified atom stereocenters. The molecule has 3 aromatic carbocycles. The largest absolute Gasteiger partial charge is 0.497 e. The molecule has 170 valence electrons. The van der Waals surface area contributed by atoms with Crippen molar-refractivity contribution >= 4 is 17.3 Å². The number of methoxy groups -OCH3 is 1. The molecule has 33 heavy (non-hydrogen) atoms. The van der Waals surface area contributed by atoms with Crippen molar-refractivity contribution in [3.05, 3.63) is 82.4 Å². The van der Waals surface area contributed by atoms with E-state index in [1.807, 2.05) is 42.5 Å². The van der Waals surface area contributed by atoms with Gasteiger partial charge in [0.2, 0.25) is 0 Å². The summed E-state index contributed by atoms with van der Waals surface area (Å²) in [4.78, 5) is 13.4. The monoisotopic (exact) mass is 443 g/mol. The van der Waals surface area contributed by atoms with Gasteiger partial charge in [-0.25, -0.2) is 0 Å². The molecule has 0 saturated heterocycles. The van der Waals surface area contributed by atoms with Crippen LogP contribution in [-0.4, -0.2) is 25.3 Å². The second-order valence-corrected chi connectivity index (χ2v) is 8.23. The van der Waals surface area contributed by atoms with E-state index in [4.69, 9.17) is 21.6 Å². The molecule has 0 spiro atoms. The Kier molecular flexibility index (Phi) is 6.44. The quantitative estimate of drug-likeness (QED) is 0.283. The Morgan fingerprint density at radius 2 is 1.91 bits per heavy atom. The van der Waals surface area contributed by atoms with E-state index in [1.165, 1.54) is 0 Å². The van der Waals surface area contributed by atoms with Gasteiger partial charge in [-0.1, -0.05) is 18.2 Å². The fourth-order valence-electron chi connectivity index (χ4n) is 4.22. The molecule has 0 radical (unpaired) electrons. The van der Waals surface area contributed by atoms with Crippen LogP contribution in [0, 0.1) is 5.41 Å². The zero-order chi connectivity index (χ0) is 23.5. The van der Waals surface area contributed by atoms with E-state index < -0.39 is 0 Å². The van der Waals surface area contributed by atoms with E-state index in [0.717, 1.165) is 27.8 Å². The SMILES string of the molecule is COc1cccc(C(CN)NC(=O)c2cc(-c3ccc(N)c(C(C)=N)c3)cc3c2CNC3)c1. The number of rotatable bonds is 7. The van der Waals surface area contributed by atoms with Gasteiger partial charge in [0.25, 0.3) is 5.91 Å². The summed E-state index contributed by atoms with van der Waals surface area (Å²) in [6, 6.07) is 16.9. The Hall–Kier alpha value is -3.68. The summed E-state index contributed by atoms with van der Waals surface area (Å²) in [5, 5.41) is 14.4. The van der Waals surface area contributed by atoms with Crippen molar-refractivity contribution in [3.63, 3.8) is 0 Å². The molecule has 1 atom stereocenters. The van der Waals surface area contributed by atoms with Crippen LogP contribution in [0.15, 0.2) is 54.6 Å². The van der Waals surface area contributed by atoms with E-state index in [-0.39, 0.29) is 18.5 Å². The van der Waals surface area contributed by atoms with Crippen molar-refractivity contribution in [3.8, 4) is 16.9 Å². The van der Waals surface area contributed by atoms with E-state index >= 15 is 0 Å². The number of ether oxygens (including phenoxy) is 1. The standard InChI is InChI=1S/C26H29N5O2/c1-15(28)21-10-16(6-7-24(21)29)18-8-19-13-30-14-23(19)22(11-18)26(32)31-25(12-27)17-4-3-5-20(9-17)33-2/h3-11,25,28,30H,12-14,27,29H2,1-2H3,(H,31,32). The lowest BCUT2D eigenvalue weighted by Gasteiger charge is -2.20. The minimum atomic E-state index is -0.343. The molecule has 0 aromatic heterocycles. The molecule has 7 N–H and O–H groups in total. The molecule has 1 aliphatic rings. The van der Waals surface area contributed by atoms with Crippen molar-refractivity contribution in [2.24, 2.45) is 5.73 Å². The minimum Gasteiger partial charge on any atom is -0.497 e. The van der Waals surface area contributed by atoms with Crippen molar-refractivity contribution < 1.29 is 9.53 Å². The number of nitrogens with two attached hydrogens (primary N) is 2. The molecular weight excluding hydrogens is 414 g/mol. The number of hydrogen-bond acceptors (Lipinski definition) is 6. The average molecular weight is 444 g/mol. The Labute approximate surface area is 193 Å². The minimum absolute atomic E-state index is 0.172. The summed E-state index contributed by atoms with van der Waals surface area (Å²) in [7, 11) is 1.61. The predicted octanol–water partition coefficient (Wildman–Crippen LogP) is 3.37. The van der Waals surface area contributed by atoms with Gasteiger partial charge in [0.05, 0.1) is 13.2 Å². The molecule has 7 nitrogen and oxygen atoms in total. The molecule has 0 saturated carbocycles. The van der Waals surface area contributed by atoms with Crippen LogP contribution in [0.25, 0.3) is 11.1 Å².